The van der Waals surface area contributed by atoms with Gasteiger partial charge in [-0.2, -0.15) is 4.57 Å². The molecule has 1 aliphatic heterocycles. The Morgan fingerprint density at radius 3 is 2.87 bits per heavy atom. The molecule has 2 aromatic carbocycles. The molecule has 2 heterocycles. The first-order valence-electron chi connectivity index (χ1n) is 10.7. The van der Waals surface area contributed by atoms with Gasteiger partial charge in [0.25, 0.3) is 0 Å². The maximum absolute atomic E-state index is 12.8. The molecule has 0 fully saturated rings. The van der Waals surface area contributed by atoms with Crippen LogP contribution in [-0.4, -0.2) is 18.7 Å². The second kappa shape index (κ2) is 9.52. The van der Waals surface area contributed by atoms with Crippen LogP contribution < -0.4 is 9.47 Å². The van der Waals surface area contributed by atoms with Crippen LogP contribution in [0.1, 0.15) is 44.2 Å². The lowest BCUT2D eigenvalue weighted by Crippen LogP contribution is -2.43. The molecule has 1 atom stereocenters. The third kappa shape index (κ3) is 4.42. The number of hydrogen-bond donors (Lipinski definition) is 0. The van der Waals surface area contributed by atoms with Crippen molar-refractivity contribution in [3.05, 3.63) is 64.8 Å². The Bertz CT molecular complexity index is 1070. The minimum absolute atomic E-state index is 0.104. The van der Waals surface area contributed by atoms with Crippen LogP contribution in [-0.2, 0) is 11.2 Å². The van der Waals surface area contributed by atoms with Gasteiger partial charge in [-0.25, -0.2) is 0 Å². The molecule has 0 aliphatic carbocycles. The molecule has 1 amide bonds. The highest BCUT2D eigenvalue weighted by Crippen LogP contribution is 2.33. The Hall–Kier alpha value is -1.85. The summed E-state index contributed by atoms with van der Waals surface area (Å²) in [5.41, 5.74) is 3.70. The molecule has 1 aromatic heterocycles. The van der Waals surface area contributed by atoms with Gasteiger partial charge < -0.3 is 4.90 Å². The Balaban J connectivity index is 1.56. The first kappa shape index (κ1) is 21.4. The summed E-state index contributed by atoms with van der Waals surface area (Å²) in [6, 6.07) is 17.3. The predicted octanol–water partition coefficient (Wildman–Crippen LogP) is 6.32. The van der Waals surface area contributed by atoms with Crippen molar-refractivity contribution in [2.24, 2.45) is 0 Å². The van der Waals surface area contributed by atoms with Crippen molar-refractivity contribution in [2.75, 3.05) is 17.7 Å². The number of nitrogens with zero attached hydrogens (tertiary/aromatic N) is 2. The molecular weight excluding hydrogens is 456 g/mol. The largest absolute Gasteiger partial charge is 0.315 e. The van der Waals surface area contributed by atoms with Gasteiger partial charge in [0.15, 0.2) is 12.2 Å². The quantitative estimate of drug-likeness (QED) is 0.289. The fraction of sp³-hybridized carbons (Fsp3) is 0.360. The summed E-state index contributed by atoms with van der Waals surface area (Å²) < 4.78 is 3.47. The Morgan fingerprint density at radius 2 is 2.07 bits per heavy atom. The lowest BCUT2D eigenvalue weighted by Gasteiger charge is -2.21. The van der Waals surface area contributed by atoms with E-state index in [1.165, 1.54) is 47.0 Å². The molecule has 5 heteroatoms. The number of rotatable bonds is 7. The van der Waals surface area contributed by atoms with E-state index in [4.69, 9.17) is 0 Å². The van der Waals surface area contributed by atoms with Gasteiger partial charge in [-0.15, -0.1) is 11.8 Å². The number of anilines is 1. The lowest BCUT2D eigenvalue weighted by molar-refractivity contribution is -0.703. The number of amides is 1. The lowest BCUT2D eigenvalue weighted by atomic mass is 9.94. The van der Waals surface area contributed by atoms with Crippen LogP contribution in [0.5, 0.6) is 0 Å². The highest BCUT2D eigenvalue weighted by Gasteiger charge is 2.29. The molecule has 3 aromatic rings. The summed E-state index contributed by atoms with van der Waals surface area (Å²) in [6.07, 6.45) is 8.37. The molecule has 0 N–H and O–H groups in total. The molecule has 1 unspecified atom stereocenters. The average molecular weight is 484 g/mol. The number of thioether (sulfide) groups is 1. The molecule has 0 radical (unpaired) electrons. The van der Waals surface area contributed by atoms with Crippen LogP contribution >= 0.6 is 27.7 Å². The molecule has 30 heavy (non-hydrogen) atoms. The first-order chi connectivity index (χ1) is 14.6. The number of benzene rings is 2. The monoisotopic (exact) mass is 483 g/mol. The zero-order valence-corrected chi connectivity index (χ0v) is 20.0. The molecule has 156 valence electrons. The van der Waals surface area contributed by atoms with Crippen molar-refractivity contribution in [3.8, 4) is 0 Å². The van der Waals surface area contributed by atoms with Crippen molar-refractivity contribution in [1.29, 1.82) is 0 Å². The van der Waals surface area contributed by atoms with E-state index >= 15 is 0 Å². The van der Waals surface area contributed by atoms with Crippen molar-refractivity contribution < 1.29 is 9.36 Å². The molecule has 0 saturated carbocycles. The van der Waals surface area contributed by atoms with E-state index < -0.39 is 0 Å². The predicted molar refractivity (Wildman–Crippen MR) is 129 cm³/mol. The summed E-state index contributed by atoms with van der Waals surface area (Å²) in [4.78, 5) is 15.7. The molecule has 0 spiro atoms. The van der Waals surface area contributed by atoms with Crippen LogP contribution in [0.2, 0.25) is 0 Å². The molecule has 1 aliphatic rings. The normalized spacial score (nSPS) is 15.4. The number of aryl methyl sites for hydroxylation is 1. The summed E-state index contributed by atoms with van der Waals surface area (Å²) in [7, 11) is 1.84. The van der Waals surface area contributed by atoms with Gasteiger partial charge in [0.05, 0.1) is 11.1 Å². The summed E-state index contributed by atoms with van der Waals surface area (Å²) in [5.74, 6) is 0.526. The SMILES string of the molecule is CCCCC1CCc2cccc3c(SCC(=O)N(C)c4cccc(Br)c4)cc[n+]1c23. The molecule has 3 nitrogen and oxygen atoms in total. The van der Waals surface area contributed by atoms with E-state index in [-0.39, 0.29) is 5.91 Å². The minimum Gasteiger partial charge on any atom is -0.315 e. The highest BCUT2D eigenvalue weighted by molar-refractivity contribution is 9.10. The maximum Gasteiger partial charge on any atom is 0.237 e. The van der Waals surface area contributed by atoms with Crippen molar-refractivity contribution in [2.45, 2.75) is 50.0 Å². The first-order valence-corrected chi connectivity index (χ1v) is 12.5. The molecule has 0 saturated heterocycles. The Morgan fingerprint density at radius 1 is 1.23 bits per heavy atom. The second-order valence-corrected chi connectivity index (χ2v) is 9.89. The van der Waals surface area contributed by atoms with Crippen LogP contribution in [0.4, 0.5) is 5.69 Å². The smallest absolute Gasteiger partial charge is 0.237 e. The molecular formula is C25H28BrN2OS+. The number of aromatic nitrogens is 1. The minimum atomic E-state index is 0.104. The standard InChI is InChI=1S/C25H28BrN2OS/c1-3-4-9-20-13-12-18-7-5-11-22-23(14-15-28(20)25(18)22)30-17-24(29)27(2)21-10-6-8-19(26)16-21/h5-8,10-11,14-16,20H,3-4,9,12-13,17H2,1-2H3/q+1. The number of halogens is 1. The summed E-state index contributed by atoms with van der Waals surface area (Å²) in [6.45, 7) is 2.26. The van der Waals surface area contributed by atoms with Crippen LogP contribution in [0.25, 0.3) is 10.9 Å². The van der Waals surface area contributed by atoms with Gasteiger partial charge in [0.1, 0.15) is 0 Å². The topological polar surface area (TPSA) is 24.2 Å². The molecule has 4 rings (SSSR count). The maximum atomic E-state index is 12.8. The Labute approximate surface area is 191 Å². The summed E-state index contributed by atoms with van der Waals surface area (Å²) in [5, 5.41) is 1.28. The number of para-hydroxylation sites is 1. The number of carbonyl (C=O) groups excluding carboxylic acids is 1. The van der Waals surface area contributed by atoms with Gasteiger partial charge >= 0.3 is 0 Å². The van der Waals surface area contributed by atoms with E-state index in [0.29, 0.717) is 11.8 Å². The van der Waals surface area contributed by atoms with Gasteiger partial charge in [-0.3, -0.25) is 4.79 Å². The van der Waals surface area contributed by atoms with Gasteiger partial charge in [0, 0.05) is 46.6 Å². The van der Waals surface area contributed by atoms with Gasteiger partial charge in [-0.05, 0) is 37.1 Å². The van der Waals surface area contributed by atoms with Crippen molar-refractivity contribution in [3.63, 3.8) is 0 Å². The zero-order valence-electron chi connectivity index (χ0n) is 17.6. The second-order valence-electron chi connectivity index (χ2n) is 7.96. The third-order valence-electron chi connectivity index (χ3n) is 5.98. The number of unbranched alkanes of at least 4 members (excludes halogenated alkanes) is 1. The number of hydrogen-bond acceptors (Lipinski definition) is 2. The number of carbonyl (C=O) groups is 1. The highest BCUT2D eigenvalue weighted by atomic mass is 79.9. The third-order valence-corrected chi connectivity index (χ3v) is 7.53. The molecule has 0 bridgehead atoms. The van der Waals surface area contributed by atoms with E-state index in [1.54, 1.807) is 16.7 Å². The van der Waals surface area contributed by atoms with E-state index in [0.717, 1.165) is 16.6 Å². The van der Waals surface area contributed by atoms with E-state index in [2.05, 4.69) is 57.9 Å². The summed E-state index contributed by atoms with van der Waals surface area (Å²) >= 11 is 5.12. The van der Waals surface area contributed by atoms with Crippen LogP contribution in [0, 0.1) is 0 Å². The Kier molecular flexibility index (Phi) is 6.79. The zero-order chi connectivity index (χ0) is 21.1. The fourth-order valence-corrected chi connectivity index (χ4v) is 5.63. The van der Waals surface area contributed by atoms with E-state index in [9.17, 15) is 4.79 Å². The van der Waals surface area contributed by atoms with Crippen molar-refractivity contribution >= 4 is 50.2 Å². The average Bonchev–Trinajstić information content (AvgIpc) is 2.77. The van der Waals surface area contributed by atoms with Crippen LogP contribution in [0.15, 0.2) is 64.1 Å². The van der Waals surface area contributed by atoms with Gasteiger partial charge in [-0.1, -0.05) is 47.5 Å². The van der Waals surface area contributed by atoms with E-state index in [1.807, 2.05) is 31.3 Å². The van der Waals surface area contributed by atoms with Crippen LogP contribution in [0.3, 0.4) is 0 Å². The van der Waals surface area contributed by atoms with Gasteiger partial charge in [0.2, 0.25) is 11.4 Å². The number of pyridine rings is 1. The fourth-order valence-electron chi connectivity index (χ4n) is 4.29. The van der Waals surface area contributed by atoms with Crippen molar-refractivity contribution in [1.82, 2.24) is 0 Å².